The molecule has 0 bridgehead atoms. The Morgan fingerprint density at radius 3 is 2.46 bits per heavy atom. The monoisotopic (exact) mass is 680 g/mol. The molecule has 4 N–H and O–H groups in total. The molecule has 12 nitrogen and oxygen atoms in total. The van der Waals surface area contributed by atoms with Crippen LogP contribution in [0.4, 0.5) is 15.9 Å². The molecule has 3 aliphatic heterocycles. The van der Waals surface area contributed by atoms with E-state index in [1.54, 1.807) is 41.2 Å². The number of benzene rings is 2. The Kier molecular flexibility index (Phi) is 8.59. The summed E-state index contributed by atoms with van der Waals surface area (Å²) in [4.78, 5) is 29.1. The third kappa shape index (κ3) is 6.03. The number of likely N-dealkylation sites (tertiary alicyclic amines) is 1. The number of nitrogen functional groups attached to an aromatic ring is 1. The summed E-state index contributed by atoms with van der Waals surface area (Å²) in [7, 11) is 0. The summed E-state index contributed by atoms with van der Waals surface area (Å²) in [5.74, 6) is 0.384. The Morgan fingerprint density at radius 1 is 0.880 bits per heavy atom. The molecule has 260 valence electrons. The molecule has 4 aliphatic rings. The number of aromatic hydroxyl groups is 1. The molecule has 3 fully saturated rings. The number of hydrogen-bond donors (Lipinski definition) is 3. The van der Waals surface area contributed by atoms with Crippen LogP contribution >= 0.6 is 0 Å². The number of anilines is 2. The molecule has 50 heavy (non-hydrogen) atoms. The number of hydrogen-bond acceptors (Lipinski definition) is 10. The highest BCUT2D eigenvalue weighted by Gasteiger charge is 2.37. The van der Waals surface area contributed by atoms with E-state index in [9.17, 15) is 14.7 Å². The summed E-state index contributed by atoms with van der Waals surface area (Å²) in [6, 6.07) is 14.9. The molecular weight excluding hydrogens is 639 g/mol. The molecule has 8 rings (SSSR count). The maximum Gasteiger partial charge on any atom is 0.249 e. The number of nitrogens with two attached hydrogens (primary N) is 1. The Morgan fingerprint density at radius 2 is 1.68 bits per heavy atom. The molecular formula is C37H41FN8O4. The molecule has 1 unspecified atom stereocenters. The standard InChI is InChI=1S/C37H41FN8O4/c38-35-28(27-20-29(41-42-36(27)39)26-4-1-2-7-32(26)47)21-46(43-35)24-14-16-44(17-15-24)23-10-8-22(9-11-23)25-5-3-6-30-34(25)50-19-18-45(30)31-12-13-33(48)40-37(31)49/h1-7,20-24,31,47H,8-19H2,(H2,39,42)(H,40,48,49). The first-order chi connectivity index (χ1) is 24.3. The van der Waals surface area contributed by atoms with Crippen molar-refractivity contribution < 1.29 is 23.8 Å². The van der Waals surface area contributed by atoms with Gasteiger partial charge in [0, 0.05) is 42.9 Å². The number of amides is 2. The van der Waals surface area contributed by atoms with Gasteiger partial charge in [0.15, 0.2) is 5.82 Å². The number of phenols is 1. The fourth-order valence-electron chi connectivity index (χ4n) is 8.36. The van der Waals surface area contributed by atoms with Crippen molar-refractivity contribution in [3.05, 3.63) is 66.2 Å². The second-order valence-electron chi connectivity index (χ2n) is 13.8. The molecule has 2 aromatic carbocycles. The van der Waals surface area contributed by atoms with E-state index in [2.05, 4.69) is 42.5 Å². The second kappa shape index (κ2) is 13.3. The van der Waals surface area contributed by atoms with Gasteiger partial charge in [-0.15, -0.1) is 15.3 Å². The minimum absolute atomic E-state index is 0.0558. The van der Waals surface area contributed by atoms with Gasteiger partial charge in [0.2, 0.25) is 17.8 Å². The summed E-state index contributed by atoms with van der Waals surface area (Å²) < 4.78 is 23.3. The number of carbonyl (C=O) groups excluding carboxylic acids is 2. The van der Waals surface area contributed by atoms with Crippen molar-refractivity contribution in [1.29, 1.82) is 0 Å². The molecule has 2 amide bonds. The van der Waals surface area contributed by atoms with Gasteiger partial charge in [0.25, 0.3) is 0 Å². The molecule has 0 radical (unpaired) electrons. The van der Waals surface area contributed by atoms with E-state index in [0.29, 0.717) is 54.8 Å². The van der Waals surface area contributed by atoms with Gasteiger partial charge in [-0.25, -0.2) is 0 Å². The van der Waals surface area contributed by atoms with Crippen molar-refractivity contribution in [2.45, 2.75) is 75.4 Å². The summed E-state index contributed by atoms with van der Waals surface area (Å²) in [5.41, 5.74) is 9.85. The van der Waals surface area contributed by atoms with Gasteiger partial charge in [-0.05, 0) is 80.7 Å². The molecule has 1 saturated carbocycles. The summed E-state index contributed by atoms with van der Waals surface area (Å²) >= 11 is 0. The summed E-state index contributed by atoms with van der Waals surface area (Å²) in [5, 5.41) is 25.2. The van der Waals surface area contributed by atoms with E-state index in [4.69, 9.17) is 10.5 Å². The van der Waals surface area contributed by atoms with Gasteiger partial charge in [-0.1, -0.05) is 24.3 Å². The van der Waals surface area contributed by atoms with E-state index in [1.807, 2.05) is 6.07 Å². The number of imide groups is 1. The number of aromatic nitrogens is 4. The zero-order chi connectivity index (χ0) is 34.4. The van der Waals surface area contributed by atoms with Crippen LogP contribution in [-0.2, 0) is 9.59 Å². The zero-order valence-corrected chi connectivity index (χ0v) is 27.8. The number of nitrogens with one attached hydrogen (secondary N) is 1. The van der Waals surface area contributed by atoms with Crippen molar-refractivity contribution in [2.75, 3.05) is 36.9 Å². The second-order valence-corrected chi connectivity index (χ2v) is 13.8. The van der Waals surface area contributed by atoms with E-state index in [-0.39, 0.29) is 41.0 Å². The number of rotatable bonds is 6. The van der Waals surface area contributed by atoms with Gasteiger partial charge in [0.05, 0.1) is 29.5 Å². The minimum atomic E-state index is -0.610. The van der Waals surface area contributed by atoms with Crippen molar-refractivity contribution in [3.8, 4) is 33.9 Å². The van der Waals surface area contributed by atoms with Crippen LogP contribution < -0.4 is 20.7 Å². The lowest BCUT2D eigenvalue weighted by Gasteiger charge is -2.42. The Balaban J connectivity index is 0.898. The van der Waals surface area contributed by atoms with Crippen LogP contribution in [0.25, 0.3) is 22.4 Å². The number of fused-ring (bicyclic) bond motifs is 1. The highest BCUT2D eigenvalue weighted by Crippen LogP contribution is 2.45. The van der Waals surface area contributed by atoms with Gasteiger partial charge >= 0.3 is 0 Å². The third-order valence-electron chi connectivity index (χ3n) is 11.0. The van der Waals surface area contributed by atoms with Crippen molar-refractivity contribution in [1.82, 2.24) is 30.2 Å². The van der Waals surface area contributed by atoms with Crippen molar-refractivity contribution in [2.24, 2.45) is 0 Å². The predicted octanol–water partition coefficient (Wildman–Crippen LogP) is 4.80. The smallest absolute Gasteiger partial charge is 0.249 e. The number of piperidine rings is 2. The molecule has 1 atom stereocenters. The lowest BCUT2D eigenvalue weighted by Crippen LogP contribution is -2.54. The zero-order valence-electron chi connectivity index (χ0n) is 27.8. The van der Waals surface area contributed by atoms with E-state index in [0.717, 1.165) is 63.1 Å². The van der Waals surface area contributed by atoms with Crippen molar-refractivity contribution in [3.63, 3.8) is 0 Å². The predicted molar refractivity (Wildman–Crippen MR) is 185 cm³/mol. The van der Waals surface area contributed by atoms with Crippen LogP contribution in [0.15, 0.2) is 54.7 Å². The minimum Gasteiger partial charge on any atom is -0.507 e. The van der Waals surface area contributed by atoms with Gasteiger partial charge in [0.1, 0.15) is 24.1 Å². The average molecular weight is 681 g/mol. The largest absolute Gasteiger partial charge is 0.507 e. The number of para-hydroxylation sites is 2. The van der Waals surface area contributed by atoms with Crippen LogP contribution in [0, 0.1) is 5.95 Å². The van der Waals surface area contributed by atoms with E-state index < -0.39 is 5.95 Å². The maximum absolute atomic E-state index is 15.3. The fraction of sp³-hybridized carbons (Fsp3) is 0.432. The number of nitrogens with zero attached hydrogens (tertiary/aromatic N) is 6. The van der Waals surface area contributed by atoms with Gasteiger partial charge < -0.3 is 25.4 Å². The molecule has 4 aromatic rings. The molecule has 2 aromatic heterocycles. The highest BCUT2D eigenvalue weighted by atomic mass is 19.1. The third-order valence-corrected chi connectivity index (χ3v) is 11.0. The number of carbonyl (C=O) groups is 2. The van der Waals surface area contributed by atoms with E-state index >= 15 is 4.39 Å². The average Bonchev–Trinajstić information content (AvgIpc) is 3.53. The fourth-order valence-corrected chi connectivity index (χ4v) is 8.36. The normalized spacial score (nSPS) is 23.3. The van der Waals surface area contributed by atoms with E-state index in [1.165, 1.54) is 5.56 Å². The van der Waals surface area contributed by atoms with Crippen LogP contribution in [0.5, 0.6) is 11.5 Å². The lowest BCUT2D eigenvalue weighted by atomic mass is 9.80. The summed E-state index contributed by atoms with van der Waals surface area (Å²) in [6.07, 6.45) is 8.60. The van der Waals surface area contributed by atoms with Gasteiger partial charge in [-0.2, -0.15) is 4.39 Å². The lowest BCUT2D eigenvalue weighted by molar-refractivity contribution is -0.134. The molecule has 0 spiro atoms. The molecule has 1 aliphatic carbocycles. The first-order valence-electron chi connectivity index (χ1n) is 17.6. The Bertz CT molecular complexity index is 1920. The summed E-state index contributed by atoms with van der Waals surface area (Å²) in [6.45, 7) is 2.96. The van der Waals surface area contributed by atoms with Crippen LogP contribution in [0.2, 0.25) is 0 Å². The van der Waals surface area contributed by atoms with Crippen molar-refractivity contribution >= 4 is 23.3 Å². The number of halogens is 1. The Labute approximate surface area is 289 Å². The molecule has 5 heterocycles. The Hall–Kier alpha value is -5.04. The molecule has 13 heteroatoms. The number of phenolic OH excluding ortho intramolecular Hbond substituents is 1. The topological polar surface area (TPSA) is 152 Å². The quantitative estimate of drug-likeness (QED) is 0.242. The number of ether oxygens (including phenoxy) is 1. The highest BCUT2D eigenvalue weighted by molar-refractivity contribution is 6.02. The SMILES string of the molecule is Nc1nnc(-c2ccccc2O)cc1-c1cn(C2CCN(C3CCC(c4cccc5c4OCCN5C4CCC(=O)NC4=O)CC3)CC2)nc1F. The van der Waals surface area contributed by atoms with Gasteiger partial charge in [-0.3, -0.25) is 19.6 Å². The van der Waals surface area contributed by atoms with Crippen LogP contribution in [0.3, 0.4) is 0 Å². The molecule has 2 saturated heterocycles. The maximum atomic E-state index is 15.3. The first-order valence-corrected chi connectivity index (χ1v) is 17.6. The van der Waals surface area contributed by atoms with Crippen LogP contribution in [-0.4, -0.2) is 80.1 Å². The van der Waals surface area contributed by atoms with Crippen LogP contribution in [0.1, 0.15) is 68.9 Å². The first kappa shape index (κ1) is 32.2.